The molecule has 0 heterocycles. The third-order valence-electron chi connectivity index (χ3n) is 5.36. The molecule has 31 heavy (non-hydrogen) atoms. The Morgan fingerprint density at radius 1 is 0.935 bits per heavy atom. The van der Waals surface area contributed by atoms with E-state index in [2.05, 4.69) is 17.4 Å². The Hall–Kier alpha value is -3.02. The number of alkyl carbamates (subject to hydrolysis) is 1. The van der Waals surface area contributed by atoms with Gasteiger partial charge < -0.3 is 15.2 Å². The predicted octanol–water partition coefficient (Wildman–Crippen LogP) is 6.05. The van der Waals surface area contributed by atoms with E-state index in [1.807, 2.05) is 36.4 Å². The number of hydrogen-bond donors (Lipinski definition) is 2. The number of nitrogens with one attached hydrogen (secondary N) is 1. The Kier molecular flexibility index (Phi) is 6.16. The minimum atomic E-state index is -1.06. The van der Waals surface area contributed by atoms with Crippen LogP contribution in [-0.4, -0.2) is 23.8 Å². The number of rotatable bonds is 6. The number of carbonyl (C=O) groups excluding carboxylic acids is 1. The van der Waals surface area contributed by atoms with Gasteiger partial charge in [-0.15, -0.1) is 0 Å². The fourth-order valence-electron chi connectivity index (χ4n) is 3.94. The van der Waals surface area contributed by atoms with Crippen LogP contribution >= 0.6 is 23.2 Å². The summed E-state index contributed by atoms with van der Waals surface area (Å²) in [5, 5.41) is 12.5. The van der Waals surface area contributed by atoms with Crippen LogP contribution in [0.5, 0.6) is 0 Å². The number of fused-ring (bicyclic) bond motifs is 3. The zero-order valence-corrected chi connectivity index (χ0v) is 17.9. The number of aliphatic carboxylic acids is 1. The van der Waals surface area contributed by atoms with Crippen molar-refractivity contribution in [3.05, 3.63) is 93.5 Å². The van der Waals surface area contributed by atoms with E-state index in [1.54, 1.807) is 18.2 Å². The minimum Gasteiger partial charge on any atom is -0.481 e. The maximum atomic E-state index is 12.6. The van der Waals surface area contributed by atoms with E-state index in [1.165, 1.54) is 0 Å². The lowest BCUT2D eigenvalue weighted by Gasteiger charge is -2.19. The second kappa shape index (κ2) is 9.00. The summed E-state index contributed by atoms with van der Waals surface area (Å²) in [6.45, 7) is 0.140. The lowest BCUT2D eigenvalue weighted by molar-refractivity contribution is -0.137. The van der Waals surface area contributed by atoms with E-state index in [0.717, 1.165) is 22.3 Å². The molecular weight excluding hydrogens is 437 g/mol. The van der Waals surface area contributed by atoms with Crippen LogP contribution in [0, 0.1) is 0 Å². The fraction of sp³-hybridized carbons (Fsp3) is 0.167. The number of carboxylic acids is 1. The summed E-state index contributed by atoms with van der Waals surface area (Å²) < 4.78 is 5.53. The van der Waals surface area contributed by atoms with Gasteiger partial charge in [-0.05, 0) is 39.9 Å². The molecule has 0 unspecified atom stereocenters. The maximum Gasteiger partial charge on any atom is 0.407 e. The molecule has 0 aromatic heterocycles. The summed E-state index contributed by atoms with van der Waals surface area (Å²) >= 11 is 12.0. The highest BCUT2D eigenvalue weighted by Crippen LogP contribution is 2.44. The third-order valence-corrected chi connectivity index (χ3v) is 6.10. The predicted molar refractivity (Wildman–Crippen MR) is 120 cm³/mol. The van der Waals surface area contributed by atoms with E-state index in [0.29, 0.717) is 10.6 Å². The summed E-state index contributed by atoms with van der Waals surface area (Å²) in [6.07, 6.45) is -1.01. The average Bonchev–Trinajstić information content (AvgIpc) is 3.07. The highest BCUT2D eigenvalue weighted by molar-refractivity contribution is 6.42. The van der Waals surface area contributed by atoms with Crippen LogP contribution in [0.4, 0.5) is 4.79 Å². The van der Waals surface area contributed by atoms with Gasteiger partial charge in [0.25, 0.3) is 0 Å². The molecule has 1 amide bonds. The maximum absolute atomic E-state index is 12.6. The topological polar surface area (TPSA) is 75.6 Å². The fourth-order valence-corrected chi connectivity index (χ4v) is 4.24. The minimum absolute atomic E-state index is 0.0824. The first-order chi connectivity index (χ1) is 14.9. The van der Waals surface area contributed by atoms with Gasteiger partial charge in [0.05, 0.1) is 22.5 Å². The molecule has 1 aliphatic carbocycles. The van der Waals surface area contributed by atoms with E-state index < -0.39 is 18.1 Å². The van der Waals surface area contributed by atoms with Gasteiger partial charge in [-0.2, -0.15) is 0 Å². The van der Waals surface area contributed by atoms with Gasteiger partial charge in [-0.3, -0.25) is 4.79 Å². The monoisotopic (exact) mass is 455 g/mol. The number of hydrogen-bond acceptors (Lipinski definition) is 3. The van der Waals surface area contributed by atoms with Crippen LogP contribution in [0.2, 0.25) is 10.0 Å². The van der Waals surface area contributed by atoms with Crippen LogP contribution in [0.3, 0.4) is 0 Å². The summed E-state index contributed by atoms with van der Waals surface area (Å²) in [4.78, 5) is 23.9. The molecule has 3 aromatic rings. The van der Waals surface area contributed by atoms with E-state index in [9.17, 15) is 14.7 Å². The lowest BCUT2D eigenvalue weighted by Crippen LogP contribution is -2.31. The second-order valence-electron chi connectivity index (χ2n) is 7.29. The van der Waals surface area contributed by atoms with Crippen molar-refractivity contribution in [1.29, 1.82) is 0 Å². The Labute approximate surface area is 189 Å². The number of carboxylic acid groups (broad SMARTS) is 1. The van der Waals surface area contributed by atoms with E-state index in [4.69, 9.17) is 27.9 Å². The highest BCUT2D eigenvalue weighted by Gasteiger charge is 2.29. The van der Waals surface area contributed by atoms with Crippen molar-refractivity contribution in [3.63, 3.8) is 0 Å². The van der Waals surface area contributed by atoms with Crippen LogP contribution < -0.4 is 5.32 Å². The molecule has 0 aliphatic heterocycles. The molecule has 7 heteroatoms. The second-order valence-corrected chi connectivity index (χ2v) is 8.11. The zero-order valence-electron chi connectivity index (χ0n) is 16.3. The SMILES string of the molecule is O=C(O)C[C@H](NC(=O)OCC1c2ccccc2-c2ccccc21)c1ccc(Cl)c(Cl)c1. The number of benzene rings is 3. The van der Waals surface area contributed by atoms with Crippen molar-refractivity contribution in [1.82, 2.24) is 5.32 Å². The lowest BCUT2D eigenvalue weighted by atomic mass is 9.98. The molecule has 0 saturated carbocycles. The van der Waals surface area contributed by atoms with Gasteiger partial charge >= 0.3 is 12.1 Å². The van der Waals surface area contributed by atoms with Crippen LogP contribution in [0.15, 0.2) is 66.7 Å². The standard InChI is InChI=1S/C24H19Cl2NO4/c25-20-10-9-14(11-21(20)26)22(12-23(28)29)27-24(30)31-13-19-17-7-3-1-5-15(17)16-6-2-4-8-18(16)19/h1-11,19,22H,12-13H2,(H,27,30)(H,28,29)/t22-/m0/s1. The number of carbonyl (C=O) groups is 2. The summed E-state index contributed by atoms with van der Waals surface area (Å²) in [7, 11) is 0. The summed E-state index contributed by atoms with van der Waals surface area (Å²) in [6, 6.07) is 20.0. The summed E-state index contributed by atoms with van der Waals surface area (Å²) in [5.41, 5.74) is 5.00. The largest absolute Gasteiger partial charge is 0.481 e. The molecule has 1 atom stereocenters. The number of halogens is 2. The van der Waals surface area contributed by atoms with Crippen molar-refractivity contribution in [3.8, 4) is 11.1 Å². The molecule has 0 radical (unpaired) electrons. The quantitative estimate of drug-likeness (QED) is 0.474. The zero-order chi connectivity index (χ0) is 22.0. The number of ether oxygens (including phenoxy) is 1. The van der Waals surface area contributed by atoms with Crippen molar-refractivity contribution in [2.24, 2.45) is 0 Å². The van der Waals surface area contributed by atoms with Gasteiger partial charge in [0, 0.05) is 5.92 Å². The van der Waals surface area contributed by atoms with Gasteiger partial charge in [-0.1, -0.05) is 77.8 Å². The molecular formula is C24H19Cl2NO4. The molecule has 0 bridgehead atoms. The average molecular weight is 456 g/mol. The highest BCUT2D eigenvalue weighted by atomic mass is 35.5. The Balaban J connectivity index is 1.49. The summed E-state index contributed by atoms with van der Waals surface area (Å²) in [5.74, 6) is -1.14. The van der Waals surface area contributed by atoms with Crippen molar-refractivity contribution in [2.75, 3.05) is 6.61 Å². The molecule has 4 rings (SSSR count). The van der Waals surface area contributed by atoms with Gasteiger partial charge in [0.15, 0.2) is 0 Å². The molecule has 2 N–H and O–H groups in total. The first-order valence-corrected chi connectivity index (χ1v) is 10.5. The van der Waals surface area contributed by atoms with Crippen LogP contribution in [0.1, 0.15) is 35.1 Å². The Morgan fingerprint density at radius 2 is 1.55 bits per heavy atom. The molecule has 0 saturated heterocycles. The van der Waals surface area contributed by atoms with Crippen molar-refractivity contribution < 1.29 is 19.4 Å². The van der Waals surface area contributed by atoms with Crippen LogP contribution in [0.25, 0.3) is 11.1 Å². The molecule has 1 aliphatic rings. The van der Waals surface area contributed by atoms with Gasteiger partial charge in [-0.25, -0.2) is 4.79 Å². The number of amides is 1. The van der Waals surface area contributed by atoms with Crippen LogP contribution in [-0.2, 0) is 9.53 Å². The van der Waals surface area contributed by atoms with Gasteiger partial charge in [0.1, 0.15) is 6.61 Å². The molecule has 3 aromatic carbocycles. The molecule has 0 spiro atoms. The molecule has 5 nitrogen and oxygen atoms in total. The normalized spacial score (nSPS) is 13.2. The van der Waals surface area contributed by atoms with Crippen molar-refractivity contribution in [2.45, 2.75) is 18.4 Å². The van der Waals surface area contributed by atoms with E-state index >= 15 is 0 Å². The first-order valence-electron chi connectivity index (χ1n) is 9.72. The van der Waals surface area contributed by atoms with Crippen molar-refractivity contribution >= 4 is 35.3 Å². The first kappa shape index (κ1) is 21.2. The van der Waals surface area contributed by atoms with Gasteiger partial charge in [0.2, 0.25) is 0 Å². The molecule has 158 valence electrons. The third kappa shape index (κ3) is 4.53. The van der Waals surface area contributed by atoms with E-state index in [-0.39, 0.29) is 24.0 Å². The smallest absolute Gasteiger partial charge is 0.407 e. The molecule has 0 fully saturated rings. The Bertz CT molecular complexity index is 1100. The Morgan fingerprint density at radius 3 is 2.13 bits per heavy atom.